The van der Waals surface area contributed by atoms with Crippen molar-refractivity contribution >= 4 is 18.1 Å². The molecule has 0 aromatic heterocycles. The molecule has 3 aliphatic rings. The average Bonchev–Trinajstić information content (AvgIpc) is 3.08. The second kappa shape index (κ2) is 4.72. The van der Waals surface area contributed by atoms with Crippen LogP contribution < -0.4 is 0 Å². The van der Waals surface area contributed by atoms with Crippen LogP contribution in [0.1, 0.15) is 41.0 Å². The Kier molecular flexibility index (Phi) is 2.98. The van der Waals surface area contributed by atoms with Crippen molar-refractivity contribution in [1.29, 1.82) is 0 Å². The summed E-state index contributed by atoms with van der Waals surface area (Å²) in [4.78, 5) is 37.9. The van der Waals surface area contributed by atoms with Crippen molar-refractivity contribution in [2.45, 2.75) is 44.3 Å². The quantitative estimate of drug-likeness (QED) is 0.609. The van der Waals surface area contributed by atoms with Crippen molar-refractivity contribution in [2.24, 2.45) is 5.92 Å². The SMILES string of the molecule is CC1(C)O[C@@H]2[C@H](O1)[C@@H](C=O)C[C@H]2N1C(=O)c2ccccc2C1=O. The van der Waals surface area contributed by atoms with Crippen molar-refractivity contribution in [3.8, 4) is 0 Å². The molecule has 2 fully saturated rings. The highest BCUT2D eigenvalue weighted by molar-refractivity contribution is 6.21. The van der Waals surface area contributed by atoms with Crippen LogP contribution in [-0.4, -0.2) is 47.0 Å². The van der Waals surface area contributed by atoms with Gasteiger partial charge in [-0.25, -0.2) is 0 Å². The van der Waals surface area contributed by atoms with E-state index in [-0.39, 0.29) is 17.7 Å². The van der Waals surface area contributed by atoms with E-state index in [0.717, 1.165) is 6.29 Å². The molecule has 2 heterocycles. The number of benzene rings is 1. The number of ether oxygens (including phenoxy) is 2. The molecule has 0 radical (unpaired) electrons. The Hall–Kier alpha value is -2.05. The topological polar surface area (TPSA) is 72.9 Å². The van der Waals surface area contributed by atoms with Gasteiger partial charge in [0.2, 0.25) is 0 Å². The van der Waals surface area contributed by atoms with Crippen molar-refractivity contribution in [2.75, 3.05) is 0 Å². The van der Waals surface area contributed by atoms with E-state index in [1.165, 1.54) is 4.90 Å². The summed E-state index contributed by atoms with van der Waals surface area (Å²) in [6, 6.07) is 6.28. The van der Waals surface area contributed by atoms with Crippen LogP contribution in [0.4, 0.5) is 0 Å². The van der Waals surface area contributed by atoms with Crippen molar-refractivity contribution in [3.05, 3.63) is 35.4 Å². The smallest absolute Gasteiger partial charge is 0.261 e. The van der Waals surface area contributed by atoms with Gasteiger partial charge >= 0.3 is 0 Å². The molecule has 1 saturated heterocycles. The zero-order chi connectivity index (χ0) is 16.4. The third-order valence-electron chi connectivity index (χ3n) is 4.81. The highest BCUT2D eigenvalue weighted by Crippen LogP contribution is 2.44. The first kappa shape index (κ1) is 14.5. The summed E-state index contributed by atoms with van der Waals surface area (Å²) in [7, 11) is 0. The average molecular weight is 315 g/mol. The van der Waals surface area contributed by atoms with Crippen LogP contribution in [0.3, 0.4) is 0 Å². The van der Waals surface area contributed by atoms with E-state index in [9.17, 15) is 14.4 Å². The molecule has 1 aromatic carbocycles. The van der Waals surface area contributed by atoms with Gasteiger partial charge < -0.3 is 14.3 Å². The van der Waals surface area contributed by atoms with E-state index in [1.54, 1.807) is 38.1 Å². The number of amides is 2. The van der Waals surface area contributed by atoms with Gasteiger partial charge in [-0.15, -0.1) is 0 Å². The van der Waals surface area contributed by atoms with Crippen LogP contribution in [0.25, 0.3) is 0 Å². The number of rotatable bonds is 2. The Morgan fingerprint density at radius 3 is 2.22 bits per heavy atom. The second-order valence-corrected chi connectivity index (χ2v) is 6.69. The normalized spacial score (nSPS) is 34.6. The van der Waals surface area contributed by atoms with Crippen LogP contribution in [0.5, 0.6) is 0 Å². The molecule has 0 spiro atoms. The molecule has 6 nitrogen and oxygen atoms in total. The number of fused-ring (bicyclic) bond motifs is 2. The molecule has 4 rings (SSSR count). The van der Waals surface area contributed by atoms with Crippen LogP contribution in [0.2, 0.25) is 0 Å². The number of imide groups is 1. The highest BCUT2D eigenvalue weighted by Gasteiger charge is 2.58. The summed E-state index contributed by atoms with van der Waals surface area (Å²) in [5.74, 6) is -1.85. The second-order valence-electron chi connectivity index (χ2n) is 6.69. The maximum atomic E-state index is 12.7. The fourth-order valence-electron chi connectivity index (χ4n) is 3.89. The summed E-state index contributed by atoms with van der Waals surface area (Å²) in [5, 5.41) is 0. The third-order valence-corrected chi connectivity index (χ3v) is 4.81. The Bertz CT molecular complexity index is 678. The molecule has 1 aliphatic carbocycles. The number of hydrogen-bond acceptors (Lipinski definition) is 5. The first-order chi connectivity index (χ1) is 10.9. The highest BCUT2D eigenvalue weighted by atomic mass is 16.8. The molecule has 1 aromatic rings. The lowest BCUT2D eigenvalue weighted by Gasteiger charge is -2.28. The molecule has 0 bridgehead atoms. The minimum absolute atomic E-state index is 0.325. The Labute approximate surface area is 133 Å². The summed E-state index contributed by atoms with van der Waals surface area (Å²) < 4.78 is 11.7. The van der Waals surface area contributed by atoms with Gasteiger partial charge in [0.25, 0.3) is 11.8 Å². The Balaban J connectivity index is 1.70. The molecular weight excluding hydrogens is 298 g/mol. The van der Waals surface area contributed by atoms with Crippen LogP contribution >= 0.6 is 0 Å². The Morgan fingerprint density at radius 2 is 1.65 bits per heavy atom. The van der Waals surface area contributed by atoms with E-state index in [2.05, 4.69) is 0 Å². The lowest BCUT2D eigenvalue weighted by Crippen LogP contribution is -2.46. The van der Waals surface area contributed by atoms with Gasteiger partial charge in [0.1, 0.15) is 12.4 Å². The lowest BCUT2D eigenvalue weighted by atomic mass is 10.1. The summed E-state index contributed by atoms with van der Waals surface area (Å²) in [6.45, 7) is 3.54. The molecule has 23 heavy (non-hydrogen) atoms. The van der Waals surface area contributed by atoms with Gasteiger partial charge in [0, 0.05) is 5.92 Å². The van der Waals surface area contributed by atoms with Gasteiger partial charge in [-0.1, -0.05) is 12.1 Å². The zero-order valence-electron chi connectivity index (χ0n) is 12.9. The molecule has 0 N–H and O–H groups in total. The van der Waals surface area contributed by atoms with Gasteiger partial charge in [-0.3, -0.25) is 14.5 Å². The van der Waals surface area contributed by atoms with Crippen molar-refractivity contribution in [1.82, 2.24) is 4.90 Å². The lowest BCUT2D eigenvalue weighted by molar-refractivity contribution is -0.161. The maximum absolute atomic E-state index is 12.7. The Morgan fingerprint density at radius 1 is 1.09 bits per heavy atom. The predicted octanol–water partition coefficient (Wildman–Crippen LogP) is 1.39. The van der Waals surface area contributed by atoms with E-state index in [1.807, 2.05) is 0 Å². The van der Waals surface area contributed by atoms with E-state index in [4.69, 9.17) is 9.47 Å². The fourth-order valence-corrected chi connectivity index (χ4v) is 3.89. The van der Waals surface area contributed by atoms with Gasteiger partial charge in [-0.2, -0.15) is 0 Å². The molecule has 0 unspecified atom stereocenters. The van der Waals surface area contributed by atoms with Crippen molar-refractivity contribution in [3.63, 3.8) is 0 Å². The number of nitrogens with zero attached hydrogens (tertiary/aromatic N) is 1. The summed E-state index contributed by atoms with van der Waals surface area (Å²) in [6.07, 6.45) is 0.320. The molecular formula is C17H17NO5. The molecule has 1 saturated carbocycles. The van der Waals surface area contributed by atoms with E-state index < -0.39 is 24.0 Å². The van der Waals surface area contributed by atoms with E-state index >= 15 is 0 Å². The standard InChI is InChI=1S/C17H17NO5/c1-17(2)22-13-9(8-19)7-12(14(13)23-17)18-15(20)10-5-3-4-6-11(10)16(18)21/h3-6,8-9,12-14H,7H2,1-2H3/t9-,12-,13-,14+/m1/s1. The fraction of sp³-hybridized carbons (Fsp3) is 0.471. The van der Waals surface area contributed by atoms with E-state index in [0.29, 0.717) is 17.5 Å². The van der Waals surface area contributed by atoms with Crippen LogP contribution in [0.15, 0.2) is 24.3 Å². The number of carbonyl (C=O) groups is 3. The summed E-state index contributed by atoms with van der Waals surface area (Å²) in [5.41, 5.74) is 0.809. The molecule has 4 atom stereocenters. The third kappa shape index (κ3) is 1.98. The van der Waals surface area contributed by atoms with Gasteiger partial charge in [0.05, 0.1) is 23.3 Å². The maximum Gasteiger partial charge on any atom is 0.261 e. The largest absolute Gasteiger partial charge is 0.344 e. The molecule has 6 heteroatoms. The minimum atomic E-state index is -0.825. The van der Waals surface area contributed by atoms with Gasteiger partial charge in [-0.05, 0) is 32.4 Å². The molecule has 120 valence electrons. The predicted molar refractivity (Wildman–Crippen MR) is 78.7 cm³/mol. The van der Waals surface area contributed by atoms with Crippen LogP contribution in [-0.2, 0) is 14.3 Å². The first-order valence-corrected chi connectivity index (χ1v) is 7.71. The minimum Gasteiger partial charge on any atom is -0.344 e. The number of hydrogen-bond donors (Lipinski definition) is 0. The molecule has 2 amide bonds. The van der Waals surface area contributed by atoms with Crippen LogP contribution in [0, 0.1) is 5.92 Å². The summed E-state index contributed by atoms with van der Waals surface area (Å²) >= 11 is 0. The monoisotopic (exact) mass is 315 g/mol. The van der Waals surface area contributed by atoms with Gasteiger partial charge in [0.15, 0.2) is 5.79 Å². The van der Waals surface area contributed by atoms with Crippen molar-refractivity contribution < 1.29 is 23.9 Å². The number of carbonyl (C=O) groups excluding carboxylic acids is 3. The first-order valence-electron chi connectivity index (χ1n) is 7.71. The molecule has 2 aliphatic heterocycles. The number of aldehydes is 1. The zero-order valence-corrected chi connectivity index (χ0v) is 12.9.